The van der Waals surface area contributed by atoms with Gasteiger partial charge in [-0.25, -0.2) is 4.98 Å². The number of carbonyl (C=O) groups excluding carboxylic acids is 1. The van der Waals surface area contributed by atoms with Crippen molar-refractivity contribution in [2.45, 2.75) is 26.2 Å². The summed E-state index contributed by atoms with van der Waals surface area (Å²) < 4.78 is 0. The zero-order chi connectivity index (χ0) is 9.68. The number of aryl methyl sites for hydroxylation is 1. The van der Waals surface area contributed by atoms with Gasteiger partial charge in [-0.05, 0) is 19.8 Å². The third-order valence-electron chi connectivity index (χ3n) is 1.71. The van der Waals surface area contributed by atoms with E-state index in [-0.39, 0.29) is 5.78 Å². The van der Waals surface area contributed by atoms with Crippen molar-refractivity contribution in [1.29, 1.82) is 0 Å². The number of Topliss-reactive ketones (excluding diaryl/α,β-unsaturated/α-hetero) is 1. The summed E-state index contributed by atoms with van der Waals surface area (Å²) in [4.78, 5) is 16.3. The summed E-state index contributed by atoms with van der Waals surface area (Å²) in [5.74, 6) is 0.201. The molecule has 70 valence electrons. The number of thiazole rings is 1. The molecule has 0 radical (unpaired) electrons. The number of hydrogen-bond acceptors (Lipinski definition) is 3. The van der Waals surface area contributed by atoms with E-state index in [9.17, 15) is 4.79 Å². The van der Waals surface area contributed by atoms with Gasteiger partial charge in [0.2, 0.25) is 0 Å². The fourth-order valence-electron chi connectivity index (χ4n) is 1.02. The molecule has 2 nitrogen and oxygen atoms in total. The largest absolute Gasteiger partial charge is 0.293 e. The molecular weight excluding hydrogens is 182 g/mol. The Labute approximate surface area is 82.3 Å². The first-order valence-corrected chi connectivity index (χ1v) is 5.12. The molecule has 0 aromatic carbocycles. The van der Waals surface area contributed by atoms with Crippen molar-refractivity contribution in [2.24, 2.45) is 0 Å². The van der Waals surface area contributed by atoms with Gasteiger partial charge in [-0.2, -0.15) is 0 Å². The van der Waals surface area contributed by atoms with Gasteiger partial charge in [0, 0.05) is 12.6 Å². The summed E-state index contributed by atoms with van der Waals surface area (Å²) in [6.07, 6.45) is 5.90. The smallest absolute Gasteiger partial charge is 0.174 e. The SMILES string of the molecule is C=CCCCC(=O)c1cnc(C)s1. The van der Waals surface area contributed by atoms with Gasteiger partial charge < -0.3 is 0 Å². The van der Waals surface area contributed by atoms with Crippen molar-refractivity contribution < 1.29 is 4.79 Å². The predicted molar refractivity (Wildman–Crippen MR) is 55.2 cm³/mol. The van der Waals surface area contributed by atoms with Gasteiger partial charge in [0.1, 0.15) is 0 Å². The topological polar surface area (TPSA) is 30.0 Å². The van der Waals surface area contributed by atoms with E-state index in [1.165, 1.54) is 11.3 Å². The van der Waals surface area contributed by atoms with Gasteiger partial charge in [0.05, 0.1) is 9.88 Å². The molecule has 1 aromatic heterocycles. The van der Waals surface area contributed by atoms with Crippen LogP contribution >= 0.6 is 11.3 Å². The van der Waals surface area contributed by atoms with E-state index in [4.69, 9.17) is 0 Å². The van der Waals surface area contributed by atoms with Crippen molar-refractivity contribution in [2.75, 3.05) is 0 Å². The van der Waals surface area contributed by atoms with Gasteiger partial charge in [0.15, 0.2) is 5.78 Å². The molecule has 0 saturated heterocycles. The zero-order valence-electron chi connectivity index (χ0n) is 7.75. The summed E-state index contributed by atoms with van der Waals surface area (Å²) in [6.45, 7) is 5.52. The molecular formula is C10H13NOS. The lowest BCUT2D eigenvalue weighted by molar-refractivity contribution is 0.0984. The lowest BCUT2D eigenvalue weighted by atomic mass is 10.1. The number of aromatic nitrogens is 1. The molecule has 0 amide bonds. The zero-order valence-corrected chi connectivity index (χ0v) is 8.56. The number of allylic oxidation sites excluding steroid dienone is 1. The molecule has 1 rings (SSSR count). The van der Waals surface area contributed by atoms with Crippen LogP contribution in [0, 0.1) is 6.92 Å². The molecule has 0 aliphatic heterocycles. The Morgan fingerprint density at radius 1 is 1.77 bits per heavy atom. The molecule has 0 N–H and O–H groups in total. The Morgan fingerprint density at radius 2 is 2.54 bits per heavy atom. The number of nitrogens with zero attached hydrogens (tertiary/aromatic N) is 1. The number of unbranched alkanes of at least 4 members (excludes halogenated alkanes) is 1. The second kappa shape index (κ2) is 4.92. The van der Waals surface area contributed by atoms with Crippen LogP contribution in [-0.4, -0.2) is 10.8 Å². The summed E-state index contributed by atoms with van der Waals surface area (Å²) in [7, 11) is 0. The Bertz CT molecular complexity index is 304. The molecule has 0 unspecified atom stereocenters. The number of ketones is 1. The third kappa shape index (κ3) is 3.11. The standard InChI is InChI=1S/C10H13NOS/c1-3-4-5-6-9(12)10-7-11-8(2)13-10/h3,7H,1,4-6H2,2H3. The Hall–Kier alpha value is -0.960. The normalized spacial score (nSPS) is 9.92. The van der Waals surface area contributed by atoms with Gasteiger partial charge in [-0.1, -0.05) is 6.08 Å². The summed E-state index contributed by atoms with van der Waals surface area (Å²) >= 11 is 1.47. The Morgan fingerprint density at radius 3 is 3.08 bits per heavy atom. The molecule has 13 heavy (non-hydrogen) atoms. The van der Waals surface area contributed by atoms with Crippen LogP contribution in [0.15, 0.2) is 18.9 Å². The van der Waals surface area contributed by atoms with Crippen LogP contribution in [0.2, 0.25) is 0 Å². The number of carbonyl (C=O) groups is 1. The predicted octanol–water partition coefficient (Wildman–Crippen LogP) is 2.99. The summed E-state index contributed by atoms with van der Waals surface area (Å²) in [5, 5.41) is 0.951. The molecule has 0 aliphatic carbocycles. The molecule has 1 aromatic rings. The molecule has 3 heteroatoms. The van der Waals surface area contributed by atoms with Crippen LogP contribution in [0.4, 0.5) is 0 Å². The van der Waals surface area contributed by atoms with Crippen molar-refractivity contribution in [3.63, 3.8) is 0 Å². The molecule has 0 bridgehead atoms. The van der Waals surface area contributed by atoms with Crippen LogP contribution < -0.4 is 0 Å². The van der Waals surface area contributed by atoms with Crippen LogP contribution in [-0.2, 0) is 0 Å². The molecule has 0 fully saturated rings. The van der Waals surface area contributed by atoms with E-state index >= 15 is 0 Å². The molecule has 0 saturated carbocycles. The minimum atomic E-state index is 0.201. The molecule has 1 heterocycles. The van der Waals surface area contributed by atoms with E-state index < -0.39 is 0 Å². The Kier molecular flexibility index (Phi) is 3.83. The van der Waals surface area contributed by atoms with E-state index in [2.05, 4.69) is 11.6 Å². The first kappa shape index (κ1) is 10.1. The van der Waals surface area contributed by atoms with Gasteiger partial charge >= 0.3 is 0 Å². The minimum absolute atomic E-state index is 0.201. The minimum Gasteiger partial charge on any atom is -0.293 e. The van der Waals surface area contributed by atoms with Crippen molar-refractivity contribution in [3.05, 3.63) is 28.7 Å². The van der Waals surface area contributed by atoms with E-state index in [0.29, 0.717) is 6.42 Å². The highest BCUT2D eigenvalue weighted by atomic mass is 32.1. The van der Waals surface area contributed by atoms with Crippen LogP contribution in [0.1, 0.15) is 33.9 Å². The number of rotatable bonds is 5. The maximum Gasteiger partial charge on any atom is 0.174 e. The second-order valence-corrected chi connectivity index (χ2v) is 4.08. The van der Waals surface area contributed by atoms with Crippen LogP contribution in [0.5, 0.6) is 0 Å². The molecule has 0 spiro atoms. The molecule has 0 aliphatic rings. The van der Waals surface area contributed by atoms with Crippen molar-refractivity contribution in [3.8, 4) is 0 Å². The first-order valence-electron chi connectivity index (χ1n) is 4.30. The van der Waals surface area contributed by atoms with Gasteiger partial charge in [-0.15, -0.1) is 17.9 Å². The summed E-state index contributed by atoms with van der Waals surface area (Å²) in [5.41, 5.74) is 0. The van der Waals surface area contributed by atoms with Crippen LogP contribution in [0.3, 0.4) is 0 Å². The highest BCUT2D eigenvalue weighted by Crippen LogP contribution is 2.14. The second-order valence-electron chi connectivity index (χ2n) is 2.85. The van der Waals surface area contributed by atoms with Gasteiger partial charge in [-0.3, -0.25) is 4.79 Å². The average Bonchev–Trinajstić information content (AvgIpc) is 2.52. The number of hydrogen-bond donors (Lipinski definition) is 0. The van der Waals surface area contributed by atoms with E-state index in [0.717, 1.165) is 22.7 Å². The highest BCUT2D eigenvalue weighted by molar-refractivity contribution is 7.13. The summed E-state index contributed by atoms with van der Waals surface area (Å²) in [6, 6.07) is 0. The van der Waals surface area contributed by atoms with Crippen molar-refractivity contribution >= 4 is 17.1 Å². The van der Waals surface area contributed by atoms with E-state index in [1.54, 1.807) is 6.20 Å². The third-order valence-corrected chi connectivity index (χ3v) is 2.66. The lowest BCUT2D eigenvalue weighted by Gasteiger charge is -1.93. The fourth-order valence-corrected chi connectivity index (χ4v) is 1.77. The maximum absolute atomic E-state index is 11.5. The van der Waals surface area contributed by atoms with Crippen molar-refractivity contribution in [1.82, 2.24) is 4.98 Å². The van der Waals surface area contributed by atoms with Gasteiger partial charge in [0.25, 0.3) is 0 Å². The monoisotopic (exact) mass is 195 g/mol. The maximum atomic E-state index is 11.5. The fraction of sp³-hybridized carbons (Fsp3) is 0.400. The highest BCUT2D eigenvalue weighted by Gasteiger charge is 2.07. The average molecular weight is 195 g/mol. The quantitative estimate of drug-likeness (QED) is 0.410. The van der Waals surface area contributed by atoms with E-state index in [1.807, 2.05) is 13.0 Å². The first-order chi connectivity index (χ1) is 6.24. The van der Waals surface area contributed by atoms with Crippen LogP contribution in [0.25, 0.3) is 0 Å². The molecule has 0 atom stereocenters. The lowest BCUT2D eigenvalue weighted by Crippen LogP contribution is -1.94. The Balaban J connectivity index is 2.44.